The summed E-state index contributed by atoms with van der Waals surface area (Å²) in [4.78, 5) is 26.5. The maximum Gasteiger partial charge on any atom is 0.291 e. The summed E-state index contributed by atoms with van der Waals surface area (Å²) >= 11 is 1.57. The van der Waals surface area contributed by atoms with E-state index in [1.807, 2.05) is 55.5 Å². The summed E-state index contributed by atoms with van der Waals surface area (Å²) in [6.45, 7) is 2.45. The molecule has 2 heterocycles. The van der Waals surface area contributed by atoms with Gasteiger partial charge in [0.25, 0.3) is 5.91 Å². The smallest absolute Gasteiger partial charge is 0.291 e. The average Bonchev–Trinajstić information content (AvgIpc) is 3.40. The van der Waals surface area contributed by atoms with E-state index in [9.17, 15) is 9.59 Å². The molecular formula is C22H20N2O4S. The fraction of sp³-hybridized carbons (Fsp3) is 0.182. The number of nitrogens with zero attached hydrogens (tertiary/aromatic N) is 1. The van der Waals surface area contributed by atoms with Gasteiger partial charge in [-0.2, -0.15) is 0 Å². The van der Waals surface area contributed by atoms with Crippen molar-refractivity contribution in [3.05, 3.63) is 78.3 Å². The van der Waals surface area contributed by atoms with E-state index in [1.54, 1.807) is 28.8 Å². The number of rotatable bonds is 6. The van der Waals surface area contributed by atoms with Gasteiger partial charge in [0.15, 0.2) is 5.76 Å². The molecule has 2 amide bonds. The second kappa shape index (κ2) is 8.45. The number of hydrogen-bond acceptors (Lipinski definition) is 5. The Morgan fingerprint density at radius 3 is 2.69 bits per heavy atom. The second-order valence-corrected chi connectivity index (χ2v) is 7.45. The third kappa shape index (κ3) is 4.00. The van der Waals surface area contributed by atoms with Crippen molar-refractivity contribution in [2.75, 3.05) is 22.6 Å². The molecule has 1 atom stereocenters. The number of amides is 2. The van der Waals surface area contributed by atoms with E-state index < -0.39 is 0 Å². The van der Waals surface area contributed by atoms with Crippen molar-refractivity contribution < 1.29 is 18.7 Å². The number of ether oxygens (including phenoxy) is 1. The lowest BCUT2D eigenvalue weighted by molar-refractivity contribution is -0.115. The standard InChI is InChI=1S/C22H20N2O4S/c1-2-27-18-7-4-3-6-17(18)24-20(25)14-29-22(24)15-9-11-16(12-10-15)23-21(26)19-8-5-13-28-19/h3-13,22H,2,14H2,1H3,(H,23,26)/t22-/m0/s1. The second-order valence-electron chi connectivity index (χ2n) is 6.38. The highest BCUT2D eigenvalue weighted by atomic mass is 32.2. The van der Waals surface area contributed by atoms with Crippen LogP contribution in [0.1, 0.15) is 28.4 Å². The van der Waals surface area contributed by atoms with Crippen molar-refractivity contribution in [2.45, 2.75) is 12.3 Å². The fourth-order valence-corrected chi connectivity index (χ4v) is 4.37. The molecule has 4 rings (SSSR count). The Balaban J connectivity index is 1.56. The monoisotopic (exact) mass is 408 g/mol. The van der Waals surface area contributed by atoms with Gasteiger partial charge in [-0.1, -0.05) is 24.3 Å². The van der Waals surface area contributed by atoms with Crippen LogP contribution in [-0.4, -0.2) is 24.2 Å². The molecule has 0 saturated carbocycles. The van der Waals surface area contributed by atoms with Crippen molar-refractivity contribution >= 4 is 35.0 Å². The first-order valence-corrected chi connectivity index (χ1v) is 10.3. The normalized spacial score (nSPS) is 16.1. The third-order valence-corrected chi connectivity index (χ3v) is 5.70. The Kier molecular flexibility index (Phi) is 5.57. The van der Waals surface area contributed by atoms with Crippen molar-refractivity contribution in [1.82, 2.24) is 0 Å². The van der Waals surface area contributed by atoms with E-state index in [0.29, 0.717) is 23.8 Å². The number of benzene rings is 2. The molecule has 0 unspecified atom stereocenters. The molecule has 1 saturated heterocycles. The Morgan fingerprint density at radius 2 is 1.97 bits per heavy atom. The fourth-order valence-electron chi connectivity index (χ4n) is 3.20. The Labute approximate surface area is 172 Å². The van der Waals surface area contributed by atoms with Gasteiger partial charge < -0.3 is 14.5 Å². The molecule has 7 heteroatoms. The molecule has 1 aromatic heterocycles. The van der Waals surface area contributed by atoms with Crippen LogP contribution in [0.4, 0.5) is 11.4 Å². The zero-order valence-electron chi connectivity index (χ0n) is 15.8. The molecule has 0 aliphatic carbocycles. The number of anilines is 2. The van der Waals surface area contributed by atoms with Crippen molar-refractivity contribution in [3.63, 3.8) is 0 Å². The summed E-state index contributed by atoms with van der Waals surface area (Å²) in [5.41, 5.74) is 2.40. The van der Waals surface area contributed by atoms with Crippen molar-refractivity contribution in [3.8, 4) is 5.75 Å². The van der Waals surface area contributed by atoms with Gasteiger partial charge in [-0.15, -0.1) is 11.8 Å². The zero-order valence-corrected chi connectivity index (χ0v) is 16.6. The lowest BCUT2D eigenvalue weighted by atomic mass is 10.1. The number of furan rings is 1. The number of thioether (sulfide) groups is 1. The maximum absolute atomic E-state index is 12.6. The number of hydrogen-bond donors (Lipinski definition) is 1. The summed E-state index contributed by atoms with van der Waals surface area (Å²) < 4.78 is 10.8. The van der Waals surface area contributed by atoms with Gasteiger partial charge in [-0.25, -0.2) is 0 Å². The molecule has 29 heavy (non-hydrogen) atoms. The number of carbonyl (C=O) groups excluding carboxylic acids is 2. The van der Waals surface area contributed by atoms with E-state index in [4.69, 9.17) is 9.15 Å². The zero-order chi connectivity index (χ0) is 20.2. The SMILES string of the molecule is CCOc1ccccc1N1C(=O)CS[C@H]1c1ccc(NC(=O)c2ccco2)cc1. The largest absolute Gasteiger partial charge is 0.492 e. The van der Waals surface area contributed by atoms with Crippen LogP contribution >= 0.6 is 11.8 Å². The molecule has 0 spiro atoms. The van der Waals surface area contributed by atoms with Gasteiger partial charge >= 0.3 is 0 Å². The Hall–Kier alpha value is -3.19. The Morgan fingerprint density at radius 1 is 1.17 bits per heavy atom. The predicted octanol–water partition coefficient (Wildman–Crippen LogP) is 4.71. The van der Waals surface area contributed by atoms with Gasteiger partial charge in [0.05, 0.1) is 24.3 Å². The first-order chi connectivity index (χ1) is 14.2. The molecule has 1 N–H and O–H groups in total. The predicted molar refractivity (Wildman–Crippen MR) is 113 cm³/mol. The minimum atomic E-state index is -0.305. The van der Waals surface area contributed by atoms with Crippen LogP contribution in [0.25, 0.3) is 0 Å². The molecule has 148 valence electrons. The average molecular weight is 408 g/mol. The molecule has 1 aliphatic heterocycles. The molecule has 6 nitrogen and oxygen atoms in total. The quantitative estimate of drug-likeness (QED) is 0.640. The maximum atomic E-state index is 12.6. The summed E-state index contributed by atoms with van der Waals surface area (Å²) in [5.74, 6) is 1.09. The van der Waals surface area contributed by atoms with E-state index in [1.165, 1.54) is 6.26 Å². The van der Waals surface area contributed by atoms with Crippen LogP contribution in [-0.2, 0) is 4.79 Å². The van der Waals surface area contributed by atoms with Gasteiger partial charge in [-0.05, 0) is 48.9 Å². The van der Waals surface area contributed by atoms with E-state index in [0.717, 1.165) is 11.3 Å². The van der Waals surface area contributed by atoms with E-state index in [-0.39, 0.29) is 22.9 Å². The number of nitrogens with one attached hydrogen (secondary N) is 1. The van der Waals surface area contributed by atoms with E-state index >= 15 is 0 Å². The van der Waals surface area contributed by atoms with Crippen LogP contribution in [0.2, 0.25) is 0 Å². The first kappa shape index (κ1) is 19.1. The van der Waals surface area contributed by atoms with Crippen LogP contribution < -0.4 is 15.0 Å². The third-order valence-electron chi connectivity index (χ3n) is 4.49. The minimum absolute atomic E-state index is 0.0438. The van der Waals surface area contributed by atoms with Crippen LogP contribution in [0.15, 0.2) is 71.3 Å². The summed E-state index contributed by atoms with van der Waals surface area (Å²) in [7, 11) is 0. The van der Waals surface area contributed by atoms with Crippen molar-refractivity contribution in [1.29, 1.82) is 0 Å². The highest BCUT2D eigenvalue weighted by Crippen LogP contribution is 2.44. The van der Waals surface area contributed by atoms with E-state index in [2.05, 4.69) is 5.32 Å². The highest BCUT2D eigenvalue weighted by molar-refractivity contribution is 8.00. The first-order valence-electron chi connectivity index (χ1n) is 9.27. The summed E-state index contributed by atoms with van der Waals surface area (Å²) in [6.07, 6.45) is 1.46. The van der Waals surface area contributed by atoms with Crippen LogP contribution in [0.3, 0.4) is 0 Å². The molecule has 3 aromatic rings. The van der Waals surface area contributed by atoms with Gasteiger partial charge in [0.1, 0.15) is 11.1 Å². The van der Waals surface area contributed by atoms with Crippen LogP contribution in [0, 0.1) is 0 Å². The summed E-state index contributed by atoms with van der Waals surface area (Å²) in [5, 5.41) is 2.65. The number of carbonyl (C=O) groups is 2. The van der Waals surface area contributed by atoms with Crippen molar-refractivity contribution in [2.24, 2.45) is 0 Å². The van der Waals surface area contributed by atoms with Gasteiger partial charge in [0.2, 0.25) is 5.91 Å². The topological polar surface area (TPSA) is 71.8 Å². The Bertz CT molecular complexity index is 1000. The lowest BCUT2D eigenvalue weighted by Crippen LogP contribution is -2.28. The molecule has 1 aliphatic rings. The molecule has 0 radical (unpaired) electrons. The minimum Gasteiger partial charge on any atom is -0.492 e. The molecule has 0 bridgehead atoms. The molecule has 1 fully saturated rings. The molecule has 2 aromatic carbocycles. The van der Waals surface area contributed by atoms with Gasteiger partial charge in [-0.3, -0.25) is 14.5 Å². The molecular weight excluding hydrogens is 388 g/mol. The van der Waals surface area contributed by atoms with Gasteiger partial charge in [0, 0.05) is 5.69 Å². The highest BCUT2D eigenvalue weighted by Gasteiger charge is 2.35. The summed E-state index contributed by atoms with van der Waals surface area (Å²) in [6, 6.07) is 18.3. The lowest BCUT2D eigenvalue weighted by Gasteiger charge is -2.26. The number of para-hydroxylation sites is 2. The van der Waals surface area contributed by atoms with Crippen LogP contribution in [0.5, 0.6) is 5.75 Å².